The summed E-state index contributed by atoms with van der Waals surface area (Å²) in [7, 11) is 4.88. The fraction of sp³-hybridized carbons (Fsp3) is 0.531. The molecule has 43 heavy (non-hydrogen) atoms. The van der Waals surface area contributed by atoms with Crippen LogP contribution in [0.1, 0.15) is 66.2 Å². The number of methoxy groups -OCH3 is 2. The third kappa shape index (κ3) is 6.53. The summed E-state index contributed by atoms with van der Waals surface area (Å²) in [6.45, 7) is 10.7. The van der Waals surface area contributed by atoms with Gasteiger partial charge in [-0.1, -0.05) is 0 Å². The van der Waals surface area contributed by atoms with E-state index in [1.165, 1.54) is 6.07 Å². The lowest BCUT2D eigenvalue weighted by atomic mass is 9.86. The number of pyridine rings is 1. The number of ether oxygens (including phenoxy) is 4. The maximum absolute atomic E-state index is 15.6. The first-order chi connectivity index (χ1) is 20.3. The molecule has 1 aromatic carbocycles. The van der Waals surface area contributed by atoms with E-state index in [1.807, 2.05) is 6.92 Å². The fourth-order valence-electron chi connectivity index (χ4n) is 5.66. The molecular formula is C32H42FN3O7. The van der Waals surface area contributed by atoms with E-state index in [1.54, 1.807) is 64.5 Å². The van der Waals surface area contributed by atoms with Gasteiger partial charge in [-0.25, -0.2) is 14.2 Å². The lowest BCUT2D eigenvalue weighted by Gasteiger charge is -2.29. The molecular weight excluding hydrogens is 557 g/mol. The summed E-state index contributed by atoms with van der Waals surface area (Å²) < 4.78 is 39.6. The molecule has 10 nitrogen and oxygen atoms in total. The number of hydrogen-bond acceptors (Lipinski definition) is 7. The first-order valence-electron chi connectivity index (χ1n) is 14.4. The van der Waals surface area contributed by atoms with E-state index >= 15 is 4.39 Å². The highest BCUT2D eigenvalue weighted by Crippen LogP contribution is 2.44. The Hall–Kier alpha value is -3.54. The molecule has 2 aromatic heterocycles. The minimum atomic E-state index is -1.40. The van der Waals surface area contributed by atoms with Gasteiger partial charge in [-0.15, -0.1) is 0 Å². The molecule has 1 N–H and O–H groups in total. The number of hydrogen-bond donors (Lipinski definition) is 1. The zero-order valence-electron chi connectivity index (χ0n) is 26.3. The molecule has 0 unspecified atom stereocenters. The van der Waals surface area contributed by atoms with Crippen molar-refractivity contribution in [3.8, 4) is 16.9 Å². The lowest BCUT2D eigenvalue weighted by Crippen LogP contribution is -2.37. The van der Waals surface area contributed by atoms with Crippen LogP contribution in [0.5, 0.6) is 5.75 Å². The summed E-state index contributed by atoms with van der Waals surface area (Å²) in [6, 6.07) is 3.10. The molecule has 1 atom stereocenters. The summed E-state index contributed by atoms with van der Waals surface area (Å²) in [5.41, 5.74) is 3.22. The molecule has 1 amide bonds. The number of amides is 1. The minimum Gasteiger partial charge on any atom is -0.490 e. The van der Waals surface area contributed by atoms with Gasteiger partial charge < -0.3 is 33.5 Å². The third-order valence-electron chi connectivity index (χ3n) is 7.70. The average molecular weight is 600 g/mol. The van der Waals surface area contributed by atoms with Gasteiger partial charge in [0.2, 0.25) is 0 Å². The van der Waals surface area contributed by atoms with Gasteiger partial charge in [0.25, 0.3) is 5.91 Å². The predicted molar refractivity (Wildman–Crippen MR) is 160 cm³/mol. The standard InChI is InChI=1S/C32H42FN3O7/c1-18-20-10-9-13-42-27(20)23(33)16-21(18)26-22-17-24(30(37)36(11-14-40-7)12-15-41-8)35(6)29(22)34-19(2)25(26)28(31(38)39)43-32(3,4)5/h16-17,28H,9-15H2,1-8H3,(H,38,39)/t28-/m0/s1. The van der Waals surface area contributed by atoms with E-state index in [4.69, 9.17) is 23.9 Å². The van der Waals surface area contributed by atoms with Gasteiger partial charge in [-0.05, 0) is 70.7 Å². The topological polar surface area (TPSA) is 112 Å². The first-order valence-corrected chi connectivity index (χ1v) is 14.4. The van der Waals surface area contributed by atoms with Gasteiger partial charge in [-0.2, -0.15) is 0 Å². The summed E-state index contributed by atoms with van der Waals surface area (Å²) >= 11 is 0. The number of nitrogens with zero attached hydrogens (tertiary/aromatic N) is 3. The number of aliphatic carboxylic acids is 1. The molecule has 234 valence electrons. The van der Waals surface area contributed by atoms with Gasteiger partial charge in [0.1, 0.15) is 11.3 Å². The number of benzene rings is 1. The largest absolute Gasteiger partial charge is 0.490 e. The molecule has 0 radical (unpaired) electrons. The Balaban J connectivity index is 2.06. The van der Waals surface area contributed by atoms with E-state index in [2.05, 4.69) is 0 Å². The smallest absolute Gasteiger partial charge is 0.337 e. The Morgan fingerprint density at radius 2 is 1.81 bits per heavy atom. The number of fused-ring (bicyclic) bond motifs is 2. The average Bonchev–Trinajstić information content (AvgIpc) is 3.28. The number of carbonyl (C=O) groups is 2. The summed E-state index contributed by atoms with van der Waals surface area (Å²) in [4.78, 5) is 33.1. The molecule has 0 aliphatic carbocycles. The second kappa shape index (κ2) is 13.0. The molecule has 1 aliphatic heterocycles. The molecule has 0 saturated heterocycles. The second-order valence-electron chi connectivity index (χ2n) is 11.8. The van der Waals surface area contributed by atoms with Crippen LogP contribution < -0.4 is 4.74 Å². The first kappa shape index (κ1) is 32.4. The molecule has 4 rings (SSSR count). The maximum atomic E-state index is 15.6. The second-order valence-corrected chi connectivity index (χ2v) is 11.8. The molecule has 3 aromatic rings. The van der Waals surface area contributed by atoms with Crippen molar-refractivity contribution >= 4 is 22.9 Å². The highest BCUT2D eigenvalue weighted by Gasteiger charge is 2.35. The van der Waals surface area contributed by atoms with E-state index in [0.717, 1.165) is 17.5 Å². The zero-order chi connectivity index (χ0) is 31.6. The van der Waals surface area contributed by atoms with E-state index in [-0.39, 0.29) is 11.7 Å². The molecule has 0 saturated carbocycles. The molecule has 1 aliphatic rings. The fourth-order valence-corrected chi connectivity index (χ4v) is 5.66. The number of carbonyl (C=O) groups excluding carboxylic acids is 1. The number of aryl methyl sites for hydroxylation is 2. The van der Waals surface area contributed by atoms with Crippen LogP contribution in [-0.2, 0) is 32.5 Å². The number of aromatic nitrogens is 2. The van der Waals surface area contributed by atoms with Gasteiger partial charge in [-0.3, -0.25) is 4.79 Å². The van der Waals surface area contributed by atoms with Crippen molar-refractivity contribution in [3.05, 3.63) is 46.0 Å². The van der Waals surface area contributed by atoms with Crippen LogP contribution in [0.15, 0.2) is 12.1 Å². The Morgan fingerprint density at radius 1 is 1.16 bits per heavy atom. The molecule has 0 fully saturated rings. The molecule has 11 heteroatoms. The third-order valence-corrected chi connectivity index (χ3v) is 7.70. The number of carboxylic acid groups (broad SMARTS) is 1. The molecule has 3 heterocycles. The van der Waals surface area contributed by atoms with Crippen molar-refractivity contribution in [2.24, 2.45) is 7.05 Å². The van der Waals surface area contributed by atoms with Crippen LogP contribution in [0.25, 0.3) is 22.2 Å². The normalized spacial score (nSPS) is 14.0. The number of carboxylic acids is 1. The predicted octanol–water partition coefficient (Wildman–Crippen LogP) is 5.00. The van der Waals surface area contributed by atoms with E-state index < -0.39 is 23.5 Å². The highest BCUT2D eigenvalue weighted by atomic mass is 19.1. The molecule has 0 bridgehead atoms. The monoisotopic (exact) mass is 599 g/mol. The summed E-state index contributed by atoms with van der Waals surface area (Å²) in [5.74, 6) is -1.75. The van der Waals surface area contributed by atoms with Crippen molar-refractivity contribution in [3.63, 3.8) is 0 Å². The van der Waals surface area contributed by atoms with Crippen molar-refractivity contribution < 1.29 is 38.0 Å². The Bertz CT molecular complexity index is 1520. The maximum Gasteiger partial charge on any atom is 0.337 e. The van der Waals surface area contributed by atoms with E-state index in [0.29, 0.717) is 78.4 Å². The Morgan fingerprint density at radius 3 is 2.40 bits per heavy atom. The SMILES string of the molecule is COCCN(CCOC)C(=O)c1cc2c(-c3cc(F)c4c(c3C)CCCO4)c([C@H](OC(C)(C)C)C(=O)O)c(C)nc2n1C. The van der Waals surface area contributed by atoms with Crippen molar-refractivity contribution in [2.45, 2.75) is 59.2 Å². The Kier molecular flexibility index (Phi) is 9.78. The Labute approximate surface area is 251 Å². The van der Waals surface area contributed by atoms with Crippen LogP contribution in [0.3, 0.4) is 0 Å². The number of halogens is 1. The van der Waals surface area contributed by atoms with Crippen LogP contribution >= 0.6 is 0 Å². The highest BCUT2D eigenvalue weighted by molar-refractivity contribution is 6.04. The van der Waals surface area contributed by atoms with Crippen molar-refractivity contribution in [1.29, 1.82) is 0 Å². The van der Waals surface area contributed by atoms with Gasteiger partial charge in [0.15, 0.2) is 17.7 Å². The zero-order valence-corrected chi connectivity index (χ0v) is 26.3. The van der Waals surface area contributed by atoms with Gasteiger partial charge in [0, 0.05) is 62.1 Å². The summed E-state index contributed by atoms with van der Waals surface area (Å²) in [6.07, 6.45) is -0.0370. The van der Waals surface area contributed by atoms with E-state index in [9.17, 15) is 14.7 Å². The van der Waals surface area contributed by atoms with Crippen LogP contribution in [-0.4, -0.2) is 84.2 Å². The lowest BCUT2D eigenvalue weighted by molar-refractivity contribution is -0.160. The minimum absolute atomic E-state index is 0.229. The van der Waals surface area contributed by atoms with Crippen LogP contribution in [0.4, 0.5) is 4.39 Å². The van der Waals surface area contributed by atoms with Gasteiger partial charge >= 0.3 is 5.97 Å². The number of rotatable bonds is 11. The summed E-state index contributed by atoms with van der Waals surface area (Å²) in [5, 5.41) is 10.9. The van der Waals surface area contributed by atoms with Crippen molar-refractivity contribution in [1.82, 2.24) is 14.5 Å². The van der Waals surface area contributed by atoms with Gasteiger partial charge in [0.05, 0.1) is 25.4 Å². The van der Waals surface area contributed by atoms with Crippen LogP contribution in [0.2, 0.25) is 0 Å². The van der Waals surface area contributed by atoms with Crippen LogP contribution in [0, 0.1) is 19.7 Å². The van der Waals surface area contributed by atoms with Crippen molar-refractivity contribution in [2.75, 3.05) is 47.1 Å². The quantitative estimate of drug-likeness (QED) is 0.328. The molecule has 0 spiro atoms.